The van der Waals surface area contributed by atoms with E-state index in [0.29, 0.717) is 12.5 Å². The molecule has 0 aliphatic carbocycles. The molecule has 1 aliphatic rings. The molecule has 0 saturated heterocycles. The van der Waals surface area contributed by atoms with Gasteiger partial charge in [-0.2, -0.15) is 16.4 Å². The summed E-state index contributed by atoms with van der Waals surface area (Å²) >= 11 is 1.68. The first-order chi connectivity index (χ1) is 11.2. The average Bonchev–Trinajstić information content (AvgIpc) is 3.22. The molecule has 0 saturated carbocycles. The normalized spacial score (nSPS) is 18.3. The SMILES string of the molecule is CCc1nc2n(n1)CCC[C@@H]2NC(=O)NC[C@H](C)c1ccsc1. The highest BCUT2D eigenvalue weighted by Crippen LogP contribution is 2.23. The fraction of sp³-hybridized carbons (Fsp3) is 0.562. The Morgan fingerprint density at radius 3 is 3.17 bits per heavy atom. The Labute approximate surface area is 140 Å². The van der Waals surface area contributed by atoms with Crippen LogP contribution < -0.4 is 10.6 Å². The molecular weight excluding hydrogens is 310 g/mol. The maximum absolute atomic E-state index is 12.2. The van der Waals surface area contributed by atoms with Crippen LogP contribution in [-0.2, 0) is 13.0 Å². The number of nitrogens with one attached hydrogen (secondary N) is 2. The van der Waals surface area contributed by atoms with E-state index in [4.69, 9.17) is 0 Å². The zero-order chi connectivity index (χ0) is 16.2. The Morgan fingerprint density at radius 1 is 1.57 bits per heavy atom. The van der Waals surface area contributed by atoms with Crippen molar-refractivity contribution in [2.24, 2.45) is 0 Å². The number of fused-ring (bicyclic) bond motifs is 1. The van der Waals surface area contributed by atoms with Crippen molar-refractivity contribution in [3.63, 3.8) is 0 Å². The van der Waals surface area contributed by atoms with Gasteiger partial charge in [0.2, 0.25) is 0 Å². The van der Waals surface area contributed by atoms with Gasteiger partial charge in [-0.15, -0.1) is 0 Å². The molecule has 1 aliphatic heterocycles. The Kier molecular flexibility index (Phi) is 4.95. The molecule has 6 nitrogen and oxygen atoms in total. The van der Waals surface area contributed by atoms with Crippen LogP contribution in [-0.4, -0.2) is 27.3 Å². The van der Waals surface area contributed by atoms with Crippen molar-refractivity contribution < 1.29 is 4.79 Å². The highest BCUT2D eigenvalue weighted by Gasteiger charge is 2.25. The van der Waals surface area contributed by atoms with Crippen molar-refractivity contribution in [2.45, 2.75) is 51.6 Å². The summed E-state index contributed by atoms with van der Waals surface area (Å²) in [4.78, 5) is 16.7. The number of hydrogen-bond donors (Lipinski definition) is 2. The number of thiophene rings is 1. The van der Waals surface area contributed by atoms with E-state index in [2.05, 4.69) is 44.5 Å². The highest BCUT2D eigenvalue weighted by molar-refractivity contribution is 7.07. The molecule has 0 bridgehead atoms. The minimum atomic E-state index is -0.133. The minimum Gasteiger partial charge on any atom is -0.338 e. The number of urea groups is 1. The molecule has 3 rings (SSSR count). The topological polar surface area (TPSA) is 71.8 Å². The van der Waals surface area contributed by atoms with Crippen LogP contribution in [0.1, 0.15) is 55.9 Å². The van der Waals surface area contributed by atoms with Gasteiger partial charge in [-0.1, -0.05) is 13.8 Å². The van der Waals surface area contributed by atoms with Crippen LogP contribution in [0.3, 0.4) is 0 Å². The molecule has 124 valence electrons. The van der Waals surface area contributed by atoms with E-state index in [1.54, 1.807) is 11.3 Å². The Hall–Kier alpha value is -1.89. The summed E-state index contributed by atoms with van der Waals surface area (Å²) in [5.41, 5.74) is 1.26. The van der Waals surface area contributed by atoms with Crippen molar-refractivity contribution >= 4 is 17.4 Å². The van der Waals surface area contributed by atoms with Crippen molar-refractivity contribution in [3.8, 4) is 0 Å². The fourth-order valence-electron chi connectivity index (χ4n) is 2.81. The number of nitrogens with zero attached hydrogens (tertiary/aromatic N) is 3. The predicted octanol–water partition coefficient (Wildman–Crippen LogP) is 2.84. The molecule has 23 heavy (non-hydrogen) atoms. The van der Waals surface area contributed by atoms with Gasteiger partial charge in [-0.05, 0) is 41.1 Å². The molecule has 2 atom stereocenters. The number of amides is 2. The lowest BCUT2D eigenvalue weighted by atomic mass is 10.1. The van der Waals surface area contributed by atoms with Gasteiger partial charge in [-0.25, -0.2) is 14.5 Å². The van der Waals surface area contributed by atoms with Gasteiger partial charge in [-0.3, -0.25) is 0 Å². The molecule has 0 fully saturated rings. The van der Waals surface area contributed by atoms with Gasteiger partial charge in [0.05, 0.1) is 6.04 Å². The maximum atomic E-state index is 12.2. The van der Waals surface area contributed by atoms with Gasteiger partial charge in [0, 0.05) is 19.5 Å². The highest BCUT2D eigenvalue weighted by atomic mass is 32.1. The van der Waals surface area contributed by atoms with Gasteiger partial charge in [0.25, 0.3) is 0 Å². The lowest BCUT2D eigenvalue weighted by molar-refractivity contribution is 0.232. The third-order valence-electron chi connectivity index (χ3n) is 4.22. The van der Waals surface area contributed by atoms with E-state index in [0.717, 1.165) is 37.5 Å². The van der Waals surface area contributed by atoms with Crippen molar-refractivity contribution in [3.05, 3.63) is 34.0 Å². The average molecular weight is 333 g/mol. The van der Waals surface area contributed by atoms with Gasteiger partial charge < -0.3 is 10.6 Å². The van der Waals surface area contributed by atoms with Gasteiger partial charge in [0.1, 0.15) is 5.82 Å². The third-order valence-corrected chi connectivity index (χ3v) is 4.92. The molecule has 2 aromatic heterocycles. The van der Waals surface area contributed by atoms with Crippen molar-refractivity contribution in [2.75, 3.05) is 6.54 Å². The van der Waals surface area contributed by atoms with Gasteiger partial charge >= 0.3 is 6.03 Å². The zero-order valence-corrected chi connectivity index (χ0v) is 14.4. The van der Waals surface area contributed by atoms with Crippen LogP contribution in [0.15, 0.2) is 16.8 Å². The van der Waals surface area contributed by atoms with Crippen LogP contribution >= 0.6 is 11.3 Å². The Bertz CT molecular complexity index is 651. The molecular formula is C16H23N5OS. The molecule has 0 unspecified atom stereocenters. The number of aromatic nitrogens is 3. The van der Waals surface area contributed by atoms with Crippen LogP contribution in [0.5, 0.6) is 0 Å². The van der Waals surface area contributed by atoms with E-state index < -0.39 is 0 Å². The van der Waals surface area contributed by atoms with Crippen molar-refractivity contribution in [1.29, 1.82) is 0 Å². The number of carbonyl (C=O) groups excluding carboxylic acids is 1. The standard InChI is InChI=1S/C16H23N5OS/c1-3-14-19-15-13(5-4-7-21(15)20-14)18-16(22)17-9-11(2)12-6-8-23-10-12/h6,8,10-11,13H,3-5,7,9H2,1-2H3,(H2,17,18,22)/t11-,13-/m0/s1. The monoisotopic (exact) mass is 333 g/mol. The molecule has 7 heteroatoms. The Morgan fingerprint density at radius 2 is 2.43 bits per heavy atom. The Balaban J connectivity index is 1.55. The summed E-state index contributed by atoms with van der Waals surface area (Å²) in [6.45, 7) is 5.68. The van der Waals surface area contributed by atoms with Crippen LogP contribution in [0.4, 0.5) is 4.79 Å². The van der Waals surface area contributed by atoms with Crippen LogP contribution in [0.25, 0.3) is 0 Å². The molecule has 2 amide bonds. The van der Waals surface area contributed by atoms with Crippen molar-refractivity contribution in [1.82, 2.24) is 25.4 Å². The molecule has 0 radical (unpaired) electrons. The summed E-state index contributed by atoms with van der Waals surface area (Å²) < 4.78 is 1.93. The first-order valence-electron chi connectivity index (χ1n) is 8.17. The molecule has 2 N–H and O–H groups in total. The van der Waals surface area contributed by atoms with E-state index in [1.165, 1.54) is 5.56 Å². The number of rotatable bonds is 5. The minimum absolute atomic E-state index is 0.0481. The fourth-order valence-corrected chi connectivity index (χ4v) is 3.60. The zero-order valence-electron chi connectivity index (χ0n) is 13.6. The number of hydrogen-bond acceptors (Lipinski definition) is 4. The lowest BCUT2D eigenvalue weighted by Crippen LogP contribution is -2.41. The summed E-state index contributed by atoms with van der Waals surface area (Å²) in [5, 5.41) is 14.7. The molecule has 2 aromatic rings. The summed E-state index contributed by atoms with van der Waals surface area (Å²) in [6.07, 6.45) is 2.74. The van der Waals surface area contributed by atoms with Crippen LogP contribution in [0.2, 0.25) is 0 Å². The first-order valence-corrected chi connectivity index (χ1v) is 9.11. The maximum Gasteiger partial charge on any atom is 0.315 e. The summed E-state index contributed by atoms with van der Waals surface area (Å²) in [7, 11) is 0. The summed E-state index contributed by atoms with van der Waals surface area (Å²) in [6, 6.07) is 1.92. The third kappa shape index (κ3) is 3.72. The van der Waals surface area contributed by atoms with E-state index in [1.807, 2.05) is 11.6 Å². The van der Waals surface area contributed by atoms with Gasteiger partial charge in [0.15, 0.2) is 5.82 Å². The number of carbonyl (C=O) groups is 1. The van der Waals surface area contributed by atoms with Crippen LogP contribution in [0, 0.1) is 0 Å². The quantitative estimate of drug-likeness (QED) is 0.884. The lowest BCUT2D eigenvalue weighted by Gasteiger charge is -2.23. The van der Waals surface area contributed by atoms with E-state index in [9.17, 15) is 4.79 Å². The molecule has 3 heterocycles. The second kappa shape index (κ2) is 7.12. The number of aryl methyl sites for hydroxylation is 2. The van der Waals surface area contributed by atoms with E-state index >= 15 is 0 Å². The molecule has 0 aromatic carbocycles. The van der Waals surface area contributed by atoms with E-state index in [-0.39, 0.29) is 12.1 Å². The smallest absolute Gasteiger partial charge is 0.315 e. The molecule has 0 spiro atoms. The first kappa shape index (κ1) is 16.0. The second-order valence-electron chi connectivity index (χ2n) is 5.97. The predicted molar refractivity (Wildman–Crippen MR) is 90.6 cm³/mol. The summed E-state index contributed by atoms with van der Waals surface area (Å²) in [5.74, 6) is 2.04. The largest absolute Gasteiger partial charge is 0.338 e. The second-order valence-corrected chi connectivity index (χ2v) is 6.75.